The van der Waals surface area contributed by atoms with E-state index in [-0.39, 0.29) is 0 Å². The number of hydrogen-bond donors (Lipinski definition) is 0. The molecule has 27 heavy (non-hydrogen) atoms. The van der Waals surface area contributed by atoms with Crippen LogP contribution in [-0.4, -0.2) is 25.7 Å². The molecule has 0 aliphatic rings. The summed E-state index contributed by atoms with van der Waals surface area (Å²) >= 11 is 2.06. The van der Waals surface area contributed by atoms with Crippen LogP contribution in [0.15, 0.2) is 54.6 Å². The Labute approximate surface area is 169 Å². The number of thioether (sulfide) groups is 1. The van der Waals surface area contributed by atoms with Crippen molar-refractivity contribution in [3.63, 3.8) is 0 Å². The van der Waals surface area contributed by atoms with Crippen molar-refractivity contribution in [2.24, 2.45) is 0 Å². The Morgan fingerprint density at radius 3 is 1.81 bits per heavy atom. The summed E-state index contributed by atoms with van der Waals surface area (Å²) in [6.45, 7) is 2.26. The number of allylic oxidation sites excluding steroid dienone is 1. The van der Waals surface area contributed by atoms with E-state index >= 15 is 0 Å². The second-order valence-electron chi connectivity index (χ2n) is 6.54. The third kappa shape index (κ3) is 7.34. The lowest BCUT2D eigenvalue weighted by Gasteiger charge is -2.11. The molecule has 0 bridgehead atoms. The van der Waals surface area contributed by atoms with E-state index in [1.807, 2.05) is 24.3 Å². The second kappa shape index (κ2) is 12.5. The summed E-state index contributed by atoms with van der Waals surface area (Å²) in [5.74, 6) is 4.21. The highest BCUT2D eigenvalue weighted by molar-refractivity contribution is 7.99. The van der Waals surface area contributed by atoms with Crippen molar-refractivity contribution in [2.45, 2.75) is 39.0 Å². The highest BCUT2D eigenvalue weighted by atomic mass is 32.2. The summed E-state index contributed by atoms with van der Waals surface area (Å²) in [5.41, 5.74) is 3.70. The molecule has 2 aromatic carbocycles. The summed E-state index contributed by atoms with van der Waals surface area (Å²) < 4.78 is 10.6. The first-order chi connectivity index (χ1) is 13.3. The molecule has 0 saturated heterocycles. The standard InChI is InChI=1S/C24H32O2S/c1-4-5-6-7-18-27-19-8-9-24(20-10-14-22(25-2)15-11-20)21-12-16-23(26-3)17-13-21/h9-17H,4-8,18-19H2,1-3H3. The van der Waals surface area contributed by atoms with Crippen molar-refractivity contribution < 1.29 is 9.47 Å². The van der Waals surface area contributed by atoms with Crippen LogP contribution in [0.2, 0.25) is 0 Å². The van der Waals surface area contributed by atoms with Gasteiger partial charge in [-0.25, -0.2) is 0 Å². The molecule has 0 radical (unpaired) electrons. The van der Waals surface area contributed by atoms with E-state index in [0.717, 1.165) is 17.9 Å². The maximum Gasteiger partial charge on any atom is 0.118 e. The minimum absolute atomic E-state index is 0.885. The molecular formula is C24H32O2S. The zero-order valence-electron chi connectivity index (χ0n) is 16.9. The highest BCUT2D eigenvalue weighted by Gasteiger charge is 2.06. The van der Waals surface area contributed by atoms with E-state index in [0.29, 0.717) is 0 Å². The molecule has 2 nitrogen and oxygen atoms in total. The SMILES string of the molecule is CCCCCCSCCC=C(c1ccc(OC)cc1)c1ccc(OC)cc1. The Hall–Kier alpha value is -1.87. The van der Waals surface area contributed by atoms with E-state index in [9.17, 15) is 0 Å². The van der Waals surface area contributed by atoms with Crippen molar-refractivity contribution >= 4 is 17.3 Å². The first-order valence-electron chi connectivity index (χ1n) is 9.85. The monoisotopic (exact) mass is 384 g/mol. The van der Waals surface area contributed by atoms with Crippen molar-refractivity contribution in [3.05, 3.63) is 65.7 Å². The largest absolute Gasteiger partial charge is 0.497 e. The number of unbranched alkanes of at least 4 members (excludes halogenated alkanes) is 3. The van der Waals surface area contributed by atoms with Gasteiger partial charge in [0.2, 0.25) is 0 Å². The molecule has 3 heteroatoms. The zero-order valence-corrected chi connectivity index (χ0v) is 17.7. The lowest BCUT2D eigenvalue weighted by molar-refractivity contribution is 0.414. The van der Waals surface area contributed by atoms with Gasteiger partial charge in [-0.05, 0) is 65.3 Å². The van der Waals surface area contributed by atoms with Crippen LogP contribution >= 0.6 is 11.8 Å². The molecule has 0 aliphatic carbocycles. The van der Waals surface area contributed by atoms with Gasteiger partial charge in [-0.1, -0.05) is 56.5 Å². The van der Waals surface area contributed by atoms with Gasteiger partial charge < -0.3 is 9.47 Å². The molecular weight excluding hydrogens is 352 g/mol. The normalized spacial score (nSPS) is 10.5. The van der Waals surface area contributed by atoms with E-state index in [1.54, 1.807) is 14.2 Å². The van der Waals surface area contributed by atoms with Crippen LogP contribution in [-0.2, 0) is 0 Å². The fraction of sp³-hybridized carbons (Fsp3) is 0.417. The fourth-order valence-electron chi connectivity index (χ4n) is 2.96. The topological polar surface area (TPSA) is 18.5 Å². The minimum atomic E-state index is 0.885. The molecule has 0 aliphatic heterocycles. The van der Waals surface area contributed by atoms with Gasteiger partial charge in [0.25, 0.3) is 0 Å². The average molecular weight is 385 g/mol. The Morgan fingerprint density at radius 2 is 1.33 bits per heavy atom. The molecule has 146 valence electrons. The van der Waals surface area contributed by atoms with Crippen LogP contribution in [0.3, 0.4) is 0 Å². The van der Waals surface area contributed by atoms with Crippen molar-refractivity contribution in [2.75, 3.05) is 25.7 Å². The van der Waals surface area contributed by atoms with Crippen molar-refractivity contribution in [1.29, 1.82) is 0 Å². The number of methoxy groups -OCH3 is 2. The first-order valence-corrected chi connectivity index (χ1v) is 11.0. The van der Waals surface area contributed by atoms with Crippen molar-refractivity contribution in [3.8, 4) is 11.5 Å². The smallest absolute Gasteiger partial charge is 0.118 e. The minimum Gasteiger partial charge on any atom is -0.497 e. The summed E-state index contributed by atoms with van der Waals surface area (Å²) in [7, 11) is 3.40. The molecule has 0 unspecified atom stereocenters. The summed E-state index contributed by atoms with van der Waals surface area (Å²) in [4.78, 5) is 0. The molecule has 0 N–H and O–H groups in total. The van der Waals surface area contributed by atoms with Crippen molar-refractivity contribution in [1.82, 2.24) is 0 Å². The van der Waals surface area contributed by atoms with Gasteiger partial charge in [-0.15, -0.1) is 0 Å². The molecule has 0 atom stereocenters. The molecule has 2 rings (SSSR count). The van der Waals surface area contributed by atoms with Gasteiger partial charge in [0.05, 0.1) is 14.2 Å². The Kier molecular flexibility index (Phi) is 9.93. The third-order valence-electron chi connectivity index (χ3n) is 4.55. The lowest BCUT2D eigenvalue weighted by Crippen LogP contribution is -1.91. The predicted molar refractivity (Wildman–Crippen MR) is 119 cm³/mol. The van der Waals surface area contributed by atoms with E-state index in [4.69, 9.17) is 9.47 Å². The Balaban J connectivity index is 2.04. The number of hydrogen-bond acceptors (Lipinski definition) is 3. The molecule has 0 spiro atoms. The van der Waals surface area contributed by atoms with Gasteiger partial charge in [-0.2, -0.15) is 11.8 Å². The van der Waals surface area contributed by atoms with Crippen LogP contribution in [0.4, 0.5) is 0 Å². The predicted octanol–water partition coefficient (Wildman–Crippen LogP) is 6.84. The van der Waals surface area contributed by atoms with Gasteiger partial charge in [0, 0.05) is 0 Å². The summed E-state index contributed by atoms with van der Waals surface area (Å²) in [6.07, 6.45) is 8.81. The number of ether oxygens (including phenoxy) is 2. The Morgan fingerprint density at radius 1 is 0.778 bits per heavy atom. The third-order valence-corrected chi connectivity index (χ3v) is 5.66. The fourth-order valence-corrected chi connectivity index (χ4v) is 3.86. The summed E-state index contributed by atoms with van der Waals surface area (Å²) in [5, 5.41) is 0. The number of benzene rings is 2. The quantitative estimate of drug-likeness (QED) is 0.373. The van der Waals surface area contributed by atoms with E-state index < -0.39 is 0 Å². The molecule has 2 aromatic rings. The summed E-state index contributed by atoms with van der Waals surface area (Å²) in [6, 6.07) is 16.6. The first kappa shape index (κ1) is 21.4. The molecule has 0 heterocycles. The zero-order chi connectivity index (χ0) is 19.3. The molecule has 0 amide bonds. The van der Waals surface area contributed by atoms with Gasteiger partial charge in [0.1, 0.15) is 11.5 Å². The van der Waals surface area contributed by atoms with Gasteiger partial charge in [0.15, 0.2) is 0 Å². The van der Waals surface area contributed by atoms with Crippen LogP contribution in [0, 0.1) is 0 Å². The van der Waals surface area contributed by atoms with Gasteiger partial charge >= 0.3 is 0 Å². The molecule has 0 saturated carbocycles. The second-order valence-corrected chi connectivity index (χ2v) is 7.76. The van der Waals surface area contributed by atoms with Crippen LogP contribution < -0.4 is 9.47 Å². The van der Waals surface area contributed by atoms with Crippen LogP contribution in [0.5, 0.6) is 11.5 Å². The Bertz CT molecular complexity index is 625. The lowest BCUT2D eigenvalue weighted by atomic mass is 9.97. The van der Waals surface area contributed by atoms with Crippen LogP contribution in [0.25, 0.3) is 5.57 Å². The van der Waals surface area contributed by atoms with Crippen LogP contribution in [0.1, 0.15) is 50.2 Å². The van der Waals surface area contributed by atoms with E-state index in [2.05, 4.69) is 49.0 Å². The maximum atomic E-state index is 5.30. The van der Waals surface area contributed by atoms with Gasteiger partial charge in [-0.3, -0.25) is 0 Å². The maximum absolute atomic E-state index is 5.30. The average Bonchev–Trinajstić information content (AvgIpc) is 2.73. The number of rotatable bonds is 12. The molecule has 0 aromatic heterocycles. The highest BCUT2D eigenvalue weighted by Crippen LogP contribution is 2.27. The molecule has 0 fully saturated rings. The van der Waals surface area contributed by atoms with E-state index in [1.165, 1.54) is 53.9 Å².